The first-order chi connectivity index (χ1) is 15.3. The van der Waals surface area contributed by atoms with E-state index in [2.05, 4.69) is 40.3 Å². The van der Waals surface area contributed by atoms with Crippen molar-refractivity contribution in [2.45, 2.75) is 33.2 Å². The first-order valence-electron chi connectivity index (χ1n) is 10.9. The predicted molar refractivity (Wildman–Crippen MR) is 139 cm³/mol. The van der Waals surface area contributed by atoms with E-state index in [1.165, 1.54) is 0 Å². The third-order valence-electron chi connectivity index (χ3n) is 5.47. The summed E-state index contributed by atoms with van der Waals surface area (Å²) >= 11 is 18.1. The summed E-state index contributed by atoms with van der Waals surface area (Å²) in [5.41, 5.74) is 2.91. The topological polar surface area (TPSA) is 47.6 Å². The van der Waals surface area contributed by atoms with E-state index in [1.54, 1.807) is 0 Å². The number of carbonyl (C=O) groups excluding carboxylic acids is 1. The molecule has 172 valence electrons. The van der Waals surface area contributed by atoms with E-state index < -0.39 is 0 Å². The lowest BCUT2D eigenvalue weighted by atomic mass is 10.1. The average molecular weight is 494 g/mol. The molecule has 2 N–H and O–H groups in total. The maximum absolute atomic E-state index is 12.0. The number of thiocarbonyl (C=S) groups is 1. The van der Waals surface area contributed by atoms with Gasteiger partial charge >= 0.3 is 0 Å². The van der Waals surface area contributed by atoms with Gasteiger partial charge in [-0.05, 0) is 54.4 Å². The fraction of sp³-hybridized carbons (Fsp3) is 0.417. The molecule has 1 heterocycles. The zero-order valence-corrected chi connectivity index (χ0v) is 20.9. The lowest BCUT2D eigenvalue weighted by Gasteiger charge is -2.36. The van der Waals surface area contributed by atoms with Gasteiger partial charge in [0.1, 0.15) is 0 Å². The van der Waals surface area contributed by atoms with Crippen molar-refractivity contribution in [3.05, 3.63) is 58.1 Å². The van der Waals surface area contributed by atoms with Crippen LogP contribution in [0.5, 0.6) is 0 Å². The molecule has 5 nitrogen and oxygen atoms in total. The molecule has 2 aromatic carbocycles. The van der Waals surface area contributed by atoms with E-state index >= 15 is 0 Å². The minimum atomic E-state index is -0.0754. The second kappa shape index (κ2) is 11.8. The molecule has 0 spiro atoms. The number of carbonyl (C=O) groups is 1. The predicted octanol–water partition coefficient (Wildman–Crippen LogP) is 5.56. The number of hydrogen-bond donors (Lipinski definition) is 2. The Balaban J connectivity index is 1.50. The lowest BCUT2D eigenvalue weighted by molar-refractivity contribution is -0.119. The molecule has 0 atom stereocenters. The Morgan fingerprint density at radius 1 is 1.06 bits per heavy atom. The van der Waals surface area contributed by atoms with Gasteiger partial charge in [-0.15, -0.1) is 0 Å². The van der Waals surface area contributed by atoms with Gasteiger partial charge < -0.3 is 15.5 Å². The molecule has 1 aliphatic heterocycles. The second-order valence-electron chi connectivity index (χ2n) is 8.46. The second-order valence-corrected chi connectivity index (χ2v) is 9.68. The van der Waals surface area contributed by atoms with E-state index in [4.69, 9.17) is 35.4 Å². The minimum Gasteiger partial charge on any atom is -0.368 e. The Kier molecular flexibility index (Phi) is 9.17. The van der Waals surface area contributed by atoms with Gasteiger partial charge in [0, 0.05) is 49.9 Å². The lowest BCUT2D eigenvalue weighted by Crippen LogP contribution is -2.46. The largest absolute Gasteiger partial charge is 0.368 e. The number of hydrogen-bond acceptors (Lipinski definition) is 4. The van der Waals surface area contributed by atoms with Crippen LogP contribution < -0.4 is 15.5 Å². The van der Waals surface area contributed by atoms with E-state index in [1.807, 2.05) is 36.4 Å². The van der Waals surface area contributed by atoms with Gasteiger partial charge in [-0.1, -0.05) is 55.2 Å². The van der Waals surface area contributed by atoms with Gasteiger partial charge in [0.05, 0.1) is 10.7 Å². The first-order valence-corrected chi connectivity index (χ1v) is 12.1. The van der Waals surface area contributed by atoms with Gasteiger partial charge in [0.2, 0.25) is 5.91 Å². The van der Waals surface area contributed by atoms with Crippen LogP contribution in [0.4, 0.5) is 11.4 Å². The highest BCUT2D eigenvalue weighted by Crippen LogP contribution is 2.30. The van der Waals surface area contributed by atoms with Crippen LogP contribution in [-0.4, -0.2) is 42.1 Å². The summed E-state index contributed by atoms with van der Waals surface area (Å²) in [6.45, 7) is 8.69. The highest BCUT2D eigenvalue weighted by atomic mass is 35.5. The number of anilines is 2. The molecule has 1 saturated heterocycles. The summed E-state index contributed by atoms with van der Waals surface area (Å²) < 4.78 is 0. The number of amides is 1. The molecule has 1 fully saturated rings. The monoisotopic (exact) mass is 492 g/mol. The molecule has 0 bridgehead atoms. The third-order valence-corrected chi connectivity index (χ3v) is 6.35. The summed E-state index contributed by atoms with van der Waals surface area (Å²) in [6.07, 6.45) is 1.29. The van der Waals surface area contributed by atoms with Gasteiger partial charge in [-0.2, -0.15) is 0 Å². The van der Waals surface area contributed by atoms with Crippen LogP contribution in [0, 0.1) is 5.92 Å². The molecular formula is C24H30Cl2N4OS. The SMILES string of the molecule is CC(C)CCC(=O)NC(=S)Nc1ccc(N2CCN(Cc3ccccc3Cl)CC2)c(Cl)c1. The standard InChI is InChI=1S/C24H30Cl2N4OS/c1-17(2)7-10-23(31)28-24(32)27-19-8-9-22(21(26)15-19)30-13-11-29(12-14-30)16-18-5-3-4-6-20(18)25/h3-6,8-9,15,17H,7,10-14,16H2,1-2H3,(H2,27,28,31,32). The zero-order chi connectivity index (χ0) is 23.1. The summed E-state index contributed by atoms with van der Waals surface area (Å²) in [7, 11) is 0. The number of rotatable bonds is 7. The number of benzene rings is 2. The van der Waals surface area contributed by atoms with Crippen molar-refractivity contribution in [3.8, 4) is 0 Å². The minimum absolute atomic E-state index is 0.0754. The van der Waals surface area contributed by atoms with Gasteiger partial charge in [-0.3, -0.25) is 9.69 Å². The van der Waals surface area contributed by atoms with Gasteiger partial charge in [0.15, 0.2) is 5.11 Å². The van der Waals surface area contributed by atoms with Crippen molar-refractivity contribution < 1.29 is 4.79 Å². The maximum atomic E-state index is 12.0. The van der Waals surface area contributed by atoms with Gasteiger partial charge in [0.25, 0.3) is 0 Å². The van der Waals surface area contributed by atoms with Crippen LogP contribution in [0.1, 0.15) is 32.3 Å². The van der Waals surface area contributed by atoms with Crippen LogP contribution >= 0.6 is 35.4 Å². The normalized spacial score (nSPS) is 14.5. The van der Waals surface area contributed by atoms with Crippen LogP contribution in [0.25, 0.3) is 0 Å². The molecule has 3 rings (SSSR count). The Morgan fingerprint density at radius 3 is 2.44 bits per heavy atom. The van der Waals surface area contributed by atoms with E-state index in [9.17, 15) is 4.79 Å². The number of nitrogens with one attached hydrogen (secondary N) is 2. The van der Waals surface area contributed by atoms with Crippen molar-refractivity contribution in [1.29, 1.82) is 0 Å². The summed E-state index contributed by atoms with van der Waals surface area (Å²) in [5, 5.41) is 7.53. The number of piperazine rings is 1. The molecule has 0 aromatic heterocycles. The average Bonchev–Trinajstić information content (AvgIpc) is 2.75. The quantitative estimate of drug-likeness (QED) is 0.495. The molecule has 1 aliphatic rings. The molecule has 32 heavy (non-hydrogen) atoms. The molecule has 0 aliphatic carbocycles. The van der Waals surface area contributed by atoms with Crippen molar-refractivity contribution in [1.82, 2.24) is 10.2 Å². The Hall–Kier alpha value is -1.86. The molecule has 1 amide bonds. The molecule has 0 unspecified atom stereocenters. The highest BCUT2D eigenvalue weighted by Gasteiger charge is 2.20. The van der Waals surface area contributed by atoms with Crippen molar-refractivity contribution in [2.24, 2.45) is 5.92 Å². The van der Waals surface area contributed by atoms with Crippen molar-refractivity contribution >= 4 is 57.8 Å². The Labute approximate surface area is 206 Å². The number of halogens is 2. The molecule has 0 radical (unpaired) electrons. The van der Waals surface area contributed by atoms with Crippen LogP contribution in [0.2, 0.25) is 10.0 Å². The van der Waals surface area contributed by atoms with E-state index in [0.29, 0.717) is 17.4 Å². The highest BCUT2D eigenvalue weighted by molar-refractivity contribution is 7.80. The molecule has 8 heteroatoms. The fourth-order valence-electron chi connectivity index (χ4n) is 3.63. The first kappa shape index (κ1) is 24.8. The molecular weight excluding hydrogens is 463 g/mol. The summed E-state index contributed by atoms with van der Waals surface area (Å²) in [4.78, 5) is 16.7. The molecule has 2 aromatic rings. The maximum Gasteiger partial charge on any atom is 0.226 e. The third kappa shape index (κ3) is 7.34. The van der Waals surface area contributed by atoms with E-state index in [0.717, 1.165) is 61.1 Å². The fourth-order valence-corrected chi connectivity index (χ4v) is 4.35. The van der Waals surface area contributed by atoms with Crippen molar-refractivity contribution in [2.75, 3.05) is 36.4 Å². The summed E-state index contributed by atoms with van der Waals surface area (Å²) in [5.74, 6) is 0.403. The summed E-state index contributed by atoms with van der Waals surface area (Å²) in [6, 6.07) is 13.8. The van der Waals surface area contributed by atoms with Crippen LogP contribution in [0.15, 0.2) is 42.5 Å². The van der Waals surface area contributed by atoms with Crippen LogP contribution in [-0.2, 0) is 11.3 Å². The Bertz CT molecular complexity index is 945. The Morgan fingerprint density at radius 2 is 1.78 bits per heavy atom. The van der Waals surface area contributed by atoms with Gasteiger partial charge in [-0.25, -0.2) is 0 Å². The smallest absolute Gasteiger partial charge is 0.226 e. The molecule has 0 saturated carbocycles. The zero-order valence-electron chi connectivity index (χ0n) is 18.5. The van der Waals surface area contributed by atoms with E-state index in [-0.39, 0.29) is 11.0 Å². The van der Waals surface area contributed by atoms with Crippen LogP contribution in [0.3, 0.4) is 0 Å². The number of nitrogens with zero attached hydrogens (tertiary/aromatic N) is 2. The van der Waals surface area contributed by atoms with Crippen molar-refractivity contribution in [3.63, 3.8) is 0 Å².